The SMILES string of the molecule is CC(NCCC1CCCCO1)c1ccco1. The maximum atomic E-state index is 5.69. The molecule has 0 spiro atoms. The fourth-order valence-electron chi connectivity index (χ4n) is 2.13. The van der Waals surface area contributed by atoms with E-state index in [4.69, 9.17) is 9.15 Å². The van der Waals surface area contributed by atoms with Crippen molar-refractivity contribution in [3.05, 3.63) is 24.2 Å². The predicted molar refractivity (Wildman–Crippen MR) is 63.3 cm³/mol. The molecule has 0 aliphatic carbocycles. The summed E-state index contributed by atoms with van der Waals surface area (Å²) in [6.45, 7) is 4.06. The monoisotopic (exact) mass is 223 g/mol. The van der Waals surface area contributed by atoms with Gasteiger partial charge in [-0.15, -0.1) is 0 Å². The van der Waals surface area contributed by atoms with Crippen LogP contribution in [0, 0.1) is 0 Å². The molecule has 0 bridgehead atoms. The highest BCUT2D eigenvalue weighted by Crippen LogP contribution is 2.16. The van der Waals surface area contributed by atoms with Gasteiger partial charge in [-0.2, -0.15) is 0 Å². The molecule has 0 radical (unpaired) electrons. The van der Waals surface area contributed by atoms with E-state index >= 15 is 0 Å². The first-order valence-electron chi connectivity index (χ1n) is 6.24. The summed E-state index contributed by atoms with van der Waals surface area (Å²) in [4.78, 5) is 0. The van der Waals surface area contributed by atoms with E-state index in [1.54, 1.807) is 6.26 Å². The molecule has 1 N–H and O–H groups in total. The van der Waals surface area contributed by atoms with Gasteiger partial charge in [0.05, 0.1) is 18.4 Å². The van der Waals surface area contributed by atoms with E-state index in [2.05, 4.69) is 12.2 Å². The number of furan rings is 1. The molecule has 1 aromatic rings. The van der Waals surface area contributed by atoms with E-state index in [0.717, 1.165) is 25.3 Å². The summed E-state index contributed by atoms with van der Waals surface area (Å²) in [5.74, 6) is 1.00. The topological polar surface area (TPSA) is 34.4 Å². The first-order chi connectivity index (χ1) is 7.86. The van der Waals surface area contributed by atoms with Crippen LogP contribution in [0.1, 0.15) is 44.4 Å². The van der Waals surface area contributed by atoms with Gasteiger partial charge in [0.25, 0.3) is 0 Å². The zero-order valence-electron chi connectivity index (χ0n) is 9.95. The van der Waals surface area contributed by atoms with Gasteiger partial charge in [-0.3, -0.25) is 0 Å². The van der Waals surface area contributed by atoms with Crippen LogP contribution in [0.3, 0.4) is 0 Å². The van der Waals surface area contributed by atoms with Gasteiger partial charge in [0, 0.05) is 6.61 Å². The van der Waals surface area contributed by atoms with E-state index in [1.807, 2.05) is 12.1 Å². The molecule has 2 rings (SSSR count). The lowest BCUT2D eigenvalue weighted by molar-refractivity contribution is 0.0112. The van der Waals surface area contributed by atoms with Crippen LogP contribution >= 0.6 is 0 Å². The average molecular weight is 223 g/mol. The summed E-state index contributed by atoms with van der Waals surface area (Å²) < 4.78 is 11.0. The number of rotatable bonds is 5. The highest BCUT2D eigenvalue weighted by Gasteiger charge is 2.14. The van der Waals surface area contributed by atoms with E-state index in [1.165, 1.54) is 19.3 Å². The highest BCUT2D eigenvalue weighted by molar-refractivity contribution is 5.02. The zero-order valence-corrected chi connectivity index (χ0v) is 9.95. The minimum absolute atomic E-state index is 0.290. The second-order valence-electron chi connectivity index (χ2n) is 4.47. The van der Waals surface area contributed by atoms with Crippen LogP contribution in [-0.2, 0) is 4.74 Å². The third-order valence-corrected chi connectivity index (χ3v) is 3.16. The largest absolute Gasteiger partial charge is 0.468 e. The lowest BCUT2D eigenvalue weighted by atomic mass is 10.1. The van der Waals surface area contributed by atoms with Gasteiger partial charge < -0.3 is 14.5 Å². The molecule has 1 aliphatic heterocycles. The second-order valence-corrected chi connectivity index (χ2v) is 4.47. The number of nitrogens with one attached hydrogen (secondary N) is 1. The summed E-state index contributed by atoms with van der Waals surface area (Å²) >= 11 is 0. The Morgan fingerprint density at radius 2 is 2.44 bits per heavy atom. The van der Waals surface area contributed by atoms with E-state index < -0.39 is 0 Å². The summed E-state index contributed by atoms with van der Waals surface area (Å²) in [6.07, 6.45) is 7.05. The second kappa shape index (κ2) is 6.06. The van der Waals surface area contributed by atoms with Gasteiger partial charge >= 0.3 is 0 Å². The van der Waals surface area contributed by atoms with Crippen molar-refractivity contribution < 1.29 is 9.15 Å². The molecule has 2 unspecified atom stereocenters. The Labute approximate surface area is 97.2 Å². The van der Waals surface area contributed by atoms with Gasteiger partial charge in [0.2, 0.25) is 0 Å². The van der Waals surface area contributed by atoms with Crippen molar-refractivity contribution in [1.82, 2.24) is 5.32 Å². The van der Waals surface area contributed by atoms with Crippen molar-refractivity contribution in [2.45, 2.75) is 44.8 Å². The van der Waals surface area contributed by atoms with Crippen LogP contribution in [0.15, 0.2) is 22.8 Å². The maximum Gasteiger partial charge on any atom is 0.120 e. The molecule has 2 heterocycles. The average Bonchev–Trinajstić information content (AvgIpc) is 2.84. The summed E-state index contributed by atoms with van der Waals surface area (Å²) in [5, 5.41) is 3.46. The van der Waals surface area contributed by atoms with Gasteiger partial charge in [-0.1, -0.05) is 0 Å². The molecule has 0 aromatic carbocycles. The molecule has 0 amide bonds. The Hall–Kier alpha value is -0.800. The van der Waals surface area contributed by atoms with Crippen molar-refractivity contribution in [2.24, 2.45) is 0 Å². The van der Waals surface area contributed by atoms with E-state index in [-0.39, 0.29) is 0 Å². The predicted octanol–water partition coefficient (Wildman–Crippen LogP) is 2.89. The quantitative estimate of drug-likeness (QED) is 0.833. The van der Waals surface area contributed by atoms with Crippen molar-refractivity contribution >= 4 is 0 Å². The third kappa shape index (κ3) is 3.35. The van der Waals surface area contributed by atoms with Gasteiger partial charge in [0.15, 0.2) is 0 Å². The fraction of sp³-hybridized carbons (Fsp3) is 0.692. The third-order valence-electron chi connectivity index (χ3n) is 3.16. The summed E-state index contributed by atoms with van der Waals surface area (Å²) in [7, 11) is 0. The molecular weight excluding hydrogens is 202 g/mol. The molecule has 16 heavy (non-hydrogen) atoms. The maximum absolute atomic E-state index is 5.69. The van der Waals surface area contributed by atoms with Crippen LogP contribution in [-0.4, -0.2) is 19.3 Å². The van der Waals surface area contributed by atoms with Crippen molar-refractivity contribution in [1.29, 1.82) is 0 Å². The Morgan fingerprint density at radius 1 is 1.50 bits per heavy atom. The molecule has 0 saturated carbocycles. The van der Waals surface area contributed by atoms with Gasteiger partial charge in [-0.25, -0.2) is 0 Å². The zero-order chi connectivity index (χ0) is 11.2. The van der Waals surface area contributed by atoms with Gasteiger partial charge in [0.1, 0.15) is 5.76 Å². The minimum Gasteiger partial charge on any atom is -0.468 e. The molecule has 3 nitrogen and oxygen atoms in total. The molecule has 1 fully saturated rings. The van der Waals surface area contributed by atoms with Crippen molar-refractivity contribution in [3.8, 4) is 0 Å². The number of hydrogen-bond acceptors (Lipinski definition) is 3. The Bertz CT molecular complexity index is 278. The molecule has 1 aliphatic rings. The normalized spacial score (nSPS) is 23.2. The van der Waals surface area contributed by atoms with E-state index in [0.29, 0.717) is 12.1 Å². The molecule has 3 heteroatoms. The minimum atomic E-state index is 0.290. The lowest BCUT2D eigenvalue weighted by Gasteiger charge is -2.23. The first kappa shape index (κ1) is 11.7. The van der Waals surface area contributed by atoms with Crippen molar-refractivity contribution in [3.63, 3.8) is 0 Å². The van der Waals surface area contributed by atoms with Gasteiger partial charge in [-0.05, 0) is 51.3 Å². The standard InChI is InChI=1S/C13H21NO2/c1-11(13-6-4-10-16-13)14-8-7-12-5-2-3-9-15-12/h4,6,10-12,14H,2-3,5,7-9H2,1H3. The van der Waals surface area contributed by atoms with Crippen LogP contribution < -0.4 is 5.32 Å². The smallest absolute Gasteiger partial charge is 0.120 e. The Kier molecular flexibility index (Phi) is 4.43. The molecule has 90 valence electrons. The van der Waals surface area contributed by atoms with Crippen LogP contribution in [0.4, 0.5) is 0 Å². The highest BCUT2D eigenvalue weighted by atomic mass is 16.5. The van der Waals surface area contributed by atoms with Crippen LogP contribution in [0.25, 0.3) is 0 Å². The molecule has 1 aromatic heterocycles. The van der Waals surface area contributed by atoms with Crippen molar-refractivity contribution in [2.75, 3.05) is 13.2 Å². The molecular formula is C13H21NO2. The number of ether oxygens (including phenoxy) is 1. The Balaban J connectivity index is 1.63. The molecule has 2 atom stereocenters. The summed E-state index contributed by atoms with van der Waals surface area (Å²) in [5.41, 5.74) is 0. The van der Waals surface area contributed by atoms with Crippen LogP contribution in [0.2, 0.25) is 0 Å². The first-order valence-corrected chi connectivity index (χ1v) is 6.24. The Morgan fingerprint density at radius 3 is 3.12 bits per heavy atom. The fourth-order valence-corrected chi connectivity index (χ4v) is 2.13. The van der Waals surface area contributed by atoms with E-state index in [9.17, 15) is 0 Å². The summed E-state index contributed by atoms with van der Waals surface area (Å²) in [6, 6.07) is 4.23. The number of hydrogen-bond donors (Lipinski definition) is 1. The lowest BCUT2D eigenvalue weighted by Crippen LogP contribution is -2.26. The van der Waals surface area contributed by atoms with Crippen LogP contribution in [0.5, 0.6) is 0 Å². The molecule has 1 saturated heterocycles.